The maximum atomic E-state index is 8.47. The quantitative estimate of drug-likeness (QED) is 0.208. The fourth-order valence-corrected chi connectivity index (χ4v) is 1.36. The number of aromatic nitrogens is 2. The summed E-state index contributed by atoms with van der Waals surface area (Å²) in [5, 5.41) is 14.7. The molecular formula is C10H19N5O. The van der Waals surface area contributed by atoms with Gasteiger partial charge in [-0.3, -0.25) is 0 Å². The second-order valence-corrected chi connectivity index (χ2v) is 3.83. The fourth-order valence-electron chi connectivity index (χ4n) is 1.36. The van der Waals surface area contributed by atoms with Gasteiger partial charge in [-0.25, -0.2) is 4.98 Å². The number of amidine groups is 1. The first-order valence-corrected chi connectivity index (χ1v) is 5.29. The number of nitrogens with two attached hydrogens (primary N) is 1. The first-order chi connectivity index (χ1) is 7.65. The molecule has 1 heterocycles. The van der Waals surface area contributed by atoms with Gasteiger partial charge in [0.05, 0.1) is 0 Å². The SMILES string of the molecule is CC(CNCCc1nccn1C)C(N)=NO. The van der Waals surface area contributed by atoms with Crippen molar-refractivity contribution in [1.29, 1.82) is 0 Å². The van der Waals surface area contributed by atoms with Gasteiger partial charge in [0, 0.05) is 44.9 Å². The number of hydrogen-bond acceptors (Lipinski definition) is 4. The monoisotopic (exact) mass is 225 g/mol. The Morgan fingerprint density at radius 2 is 2.50 bits per heavy atom. The molecular weight excluding hydrogens is 206 g/mol. The zero-order chi connectivity index (χ0) is 12.0. The third kappa shape index (κ3) is 3.54. The van der Waals surface area contributed by atoms with Crippen LogP contribution in [-0.2, 0) is 13.5 Å². The molecule has 16 heavy (non-hydrogen) atoms. The summed E-state index contributed by atoms with van der Waals surface area (Å²) in [7, 11) is 1.97. The molecule has 0 bridgehead atoms. The number of oxime groups is 1. The lowest BCUT2D eigenvalue weighted by Crippen LogP contribution is -2.32. The van der Waals surface area contributed by atoms with Crippen molar-refractivity contribution in [3.63, 3.8) is 0 Å². The number of imidazole rings is 1. The van der Waals surface area contributed by atoms with Crippen LogP contribution in [0.15, 0.2) is 17.5 Å². The molecule has 0 spiro atoms. The highest BCUT2D eigenvalue weighted by molar-refractivity contribution is 5.82. The lowest BCUT2D eigenvalue weighted by atomic mass is 10.1. The van der Waals surface area contributed by atoms with Crippen molar-refractivity contribution in [1.82, 2.24) is 14.9 Å². The molecule has 0 aromatic carbocycles. The molecule has 4 N–H and O–H groups in total. The second-order valence-electron chi connectivity index (χ2n) is 3.83. The number of hydrogen-bond donors (Lipinski definition) is 3. The average molecular weight is 225 g/mol. The maximum Gasteiger partial charge on any atom is 0.143 e. The van der Waals surface area contributed by atoms with Gasteiger partial charge in [0.15, 0.2) is 0 Å². The van der Waals surface area contributed by atoms with Gasteiger partial charge in [-0.05, 0) is 0 Å². The molecule has 0 radical (unpaired) electrons. The first-order valence-electron chi connectivity index (χ1n) is 5.29. The zero-order valence-corrected chi connectivity index (χ0v) is 9.72. The molecule has 6 heteroatoms. The van der Waals surface area contributed by atoms with E-state index in [-0.39, 0.29) is 11.8 Å². The van der Waals surface area contributed by atoms with E-state index in [1.807, 2.05) is 24.7 Å². The van der Waals surface area contributed by atoms with Crippen LogP contribution in [0.1, 0.15) is 12.7 Å². The lowest BCUT2D eigenvalue weighted by Gasteiger charge is -2.10. The topological polar surface area (TPSA) is 88.5 Å². The van der Waals surface area contributed by atoms with Gasteiger partial charge in [-0.15, -0.1) is 0 Å². The van der Waals surface area contributed by atoms with Crippen molar-refractivity contribution in [2.75, 3.05) is 13.1 Å². The van der Waals surface area contributed by atoms with E-state index in [1.54, 1.807) is 6.20 Å². The molecule has 0 aliphatic rings. The molecule has 0 saturated carbocycles. The van der Waals surface area contributed by atoms with E-state index in [1.165, 1.54) is 0 Å². The molecule has 1 aromatic rings. The van der Waals surface area contributed by atoms with Crippen LogP contribution in [-0.4, -0.2) is 33.7 Å². The summed E-state index contributed by atoms with van der Waals surface area (Å²) in [6.45, 7) is 3.43. The van der Waals surface area contributed by atoms with Crippen molar-refractivity contribution in [3.05, 3.63) is 18.2 Å². The lowest BCUT2D eigenvalue weighted by molar-refractivity contribution is 0.314. The number of aryl methyl sites for hydroxylation is 1. The zero-order valence-electron chi connectivity index (χ0n) is 9.72. The van der Waals surface area contributed by atoms with Crippen molar-refractivity contribution in [3.8, 4) is 0 Å². The molecule has 1 aromatic heterocycles. The summed E-state index contributed by atoms with van der Waals surface area (Å²) < 4.78 is 1.99. The van der Waals surface area contributed by atoms with E-state index in [0.29, 0.717) is 6.54 Å². The molecule has 0 aliphatic heterocycles. The van der Waals surface area contributed by atoms with Crippen molar-refractivity contribution < 1.29 is 5.21 Å². The fraction of sp³-hybridized carbons (Fsp3) is 0.600. The Bertz CT molecular complexity index is 347. The minimum absolute atomic E-state index is 0.0337. The summed E-state index contributed by atoms with van der Waals surface area (Å²) in [6, 6.07) is 0. The first kappa shape index (κ1) is 12.5. The number of rotatable bonds is 6. The molecule has 1 rings (SSSR count). The van der Waals surface area contributed by atoms with Gasteiger partial charge >= 0.3 is 0 Å². The van der Waals surface area contributed by atoms with Crippen LogP contribution in [0.25, 0.3) is 0 Å². The van der Waals surface area contributed by atoms with Gasteiger partial charge in [0.1, 0.15) is 11.7 Å². The van der Waals surface area contributed by atoms with Gasteiger partial charge in [0.2, 0.25) is 0 Å². The molecule has 90 valence electrons. The molecule has 0 aliphatic carbocycles. The third-order valence-electron chi connectivity index (χ3n) is 2.52. The Kier molecular flexibility index (Phi) is 4.78. The Balaban J connectivity index is 2.20. The molecule has 1 unspecified atom stereocenters. The number of nitrogens with zero attached hydrogens (tertiary/aromatic N) is 3. The highest BCUT2D eigenvalue weighted by atomic mass is 16.4. The second kappa shape index (κ2) is 6.12. The van der Waals surface area contributed by atoms with Crippen LogP contribution in [0.2, 0.25) is 0 Å². The third-order valence-corrected chi connectivity index (χ3v) is 2.52. The molecule has 6 nitrogen and oxygen atoms in total. The van der Waals surface area contributed by atoms with Crippen LogP contribution < -0.4 is 11.1 Å². The minimum Gasteiger partial charge on any atom is -0.409 e. The van der Waals surface area contributed by atoms with E-state index >= 15 is 0 Å². The van der Waals surface area contributed by atoms with Crippen LogP contribution >= 0.6 is 0 Å². The summed E-state index contributed by atoms with van der Waals surface area (Å²) in [5.74, 6) is 1.33. The summed E-state index contributed by atoms with van der Waals surface area (Å²) in [5.41, 5.74) is 5.46. The minimum atomic E-state index is 0.0337. The standard InChI is InChI=1S/C10H19N5O/c1-8(10(11)14-16)7-12-4-3-9-13-5-6-15(9)2/h5-6,8,12,16H,3-4,7H2,1-2H3,(H2,11,14). The van der Waals surface area contributed by atoms with Crippen molar-refractivity contribution >= 4 is 5.84 Å². The van der Waals surface area contributed by atoms with Gasteiger partial charge < -0.3 is 20.8 Å². The molecule has 0 amide bonds. The van der Waals surface area contributed by atoms with Gasteiger partial charge in [0.25, 0.3) is 0 Å². The smallest absolute Gasteiger partial charge is 0.143 e. The van der Waals surface area contributed by atoms with Crippen LogP contribution in [0.4, 0.5) is 0 Å². The average Bonchev–Trinajstić information content (AvgIpc) is 2.69. The highest BCUT2D eigenvalue weighted by Gasteiger charge is 2.06. The largest absolute Gasteiger partial charge is 0.409 e. The molecule has 0 saturated heterocycles. The van der Waals surface area contributed by atoms with E-state index < -0.39 is 0 Å². The Labute approximate surface area is 95.2 Å². The Morgan fingerprint density at radius 1 is 1.75 bits per heavy atom. The van der Waals surface area contributed by atoms with Gasteiger partial charge in [-0.1, -0.05) is 12.1 Å². The van der Waals surface area contributed by atoms with Crippen LogP contribution in [0.5, 0.6) is 0 Å². The highest BCUT2D eigenvalue weighted by Crippen LogP contribution is 1.95. The normalized spacial score (nSPS) is 14.0. The molecule has 0 fully saturated rings. The van der Waals surface area contributed by atoms with Crippen LogP contribution in [0, 0.1) is 5.92 Å². The summed E-state index contributed by atoms with van der Waals surface area (Å²) >= 11 is 0. The molecule has 1 atom stereocenters. The van der Waals surface area contributed by atoms with Gasteiger partial charge in [-0.2, -0.15) is 0 Å². The maximum absolute atomic E-state index is 8.47. The van der Waals surface area contributed by atoms with Crippen molar-refractivity contribution in [2.24, 2.45) is 23.9 Å². The predicted molar refractivity (Wildman–Crippen MR) is 62.4 cm³/mol. The summed E-state index contributed by atoms with van der Waals surface area (Å²) in [4.78, 5) is 4.22. The van der Waals surface area contributed by atoms with Crippen molar-refractivity contribution in [2.45, 2.75) is 13.3 Å². The van der Waals surface area contributed by atoms with E-state index in [9.17, 15) is 0 Å². The predicted octanol–water partition coefficient (Wildman–Crippen LogP) is -0.0653. The van der Waals surface area contributed by atoms with E-state index in [2.05, 4.69) is 15.5 Å². The van der Waals surface area contributed by atoms with E-state index in [4.69, 9.17) is 10.9 Å². The number of nitrogens with one attached hydrogen (secondary N) is 1. The summed E-state index contributed by atoms with van der Waals surface area (Å²) in [6.07, 6.45) is 4.58. The Hall–Kier alpha value is -1.56. The van der Waals surface area contributed by atoms with Crippen LogP contribution in [0.3, 0.4) is 0 Å². The van der Waals surface area contributed by atoms with E-state index in [0.717, 1.165) is 18.8 Å². The Morgan fingerprint density at radius 3 is 3.06 bits per heavy atom.